The molecule has 1 aromatic carbocycles. The Hall–Kier alpha value is -1.41. The van der Waals surface area contributed by atoms with Gasteiger partial charge in [-0.3, -0.25) is 4.98 Å². The molecule has 1 aromatic heterocycles. The zero-order chi connectivity index (χ0) is 14.5. The van der Waals surface area contributed by atoms with Crippen molar-refractivity contribution < 1.29 is 0 Å². The van der Waals surface area contributed by atoms with E-state index in [1.165, 1.54) is 43.2 Å². The molecule has 1 aliphatic carbocycles. The monoisotopic (exact) mass is 282 g/mol. The molecule has 1 aliphatic rings. The first-order valence-electron chi connectivity index (χ1n) is 8.43. The fourth-order valence-corrected chi connectivity index (χ4v) is 3.64. The zero-order valence-corrected chi connectivity index (χ0v) is 13.0. The average Bonchev–Trinajstić information content (AvgIpc) is 2.73. The first-order valence-corrected chi connectivity index (χ1v) is 8.43. The smallest absolute Gasteiger partial charge is 0.0705 e. The molecule has 0 saturated heterocycles. The third-order valence-corrected chi connectivity index (χ3v) is 4.68. The lowest BCUT2D eigenvalue weighted by Crippen LogP contribution is -2.30. The normalized spacial score (nSPS) is 23.1. The quantitative estimate of drug-likeness (QED) is 0.844. The molecule has 0 spiro atoms. The fourth-order valence-electron chi connectivity index (χ4n) is 3.64. The molecule has 0 aliphatic heterocycles. The molecule has 2 unspecified atom stereocenters. The Morgan fingerprint density at radius 1 is 1.10 bits per heavy atom. The van der Waals surface area contributed by atoms with Gasteiger partial charge in [0.05, 0.1) is 5.52 Å². The number of nitrogens with one attached hydrogen (secondary N) is 1. The van der Waals surface area contributed by atoms with Crippen LogP contribution in [-0.2, 0) is 6.42 Å². The number of pyridine rings is 1. The van der Waals surface area contributed by atoms with Crippen LogP contribution in [0.5, 0.6) is 0 Å². The van der Waals surface area contributed by atoms with Gasteiger partial charge in [0.2, 0.25) is 0 Å². The van der Waals surface area contributed by atoms with Crippen LogP contribution >= 0.6 is 0 Å². The van der Waals surface area contributed by atoms with Gasteiger partial charge < -0.3 is 5.32 Å². The topological polar surface area (TPSA) is 24.9 Å². The molecule has 0 amide bonds. The van der Waals surface area contributed by atoms with E-state index in [0.717, 1.165) is 24.4 Å². The Labute approximate surface area is 128 Å². The summed E-state index contributed by atoms with van der Waals surface area (Å²) in [6.07, 6.45) is 7.89. The van der Waals surface area contributed by atoms with Crippen LogP contribution in [0.15, 0.2) is 36.4 Å². The number of rotatable bonds is 4. The van der Waals surface area contributed by atoms with Crippen molar-refractivity contribution in [1.29, 1.82) is 0 Å². The fraction of sp³-hybridized carbons (Fsp3) is 0.526. The summed E-state index contributed by atoms with van der Waals surface area (Å²) < 4.78 is 0. The largest absolute Gasteiger partial charge is 0.314 e. The third kappa shape index (κ3) is 3.82. The molecule has 2 heteroatoms. The predicted octanol–water partition coefficient (Wildman–Crippen LogP) is 4.34. The maximum atomic E-state index is 4.85. The van der Waals surface area contributed by atoms with Gasteiger partial charge in [-0.15, -0.1) is 0 Å². The van der Waals surface area contributed by atoms with Crippen molar-refractivity contribution in [2.24, 2.45) is 5.92 Å². The second kappa shape index (κ2) is 7.04. The Balaban J connectivity index is 1.71. The minimum Gasteiger partial charge on any atom is -0.314 e. The van der Waals surface area contributed by atoms with Gasteiger partial charge in [-0.25, -0.2) is 0 Å². The number of benzene rings is 1. The summed E-state index contributed by atoms with van der Waals surface area (Å²) in [7, 11) is 0. The van der Waals surface area contributed by atoms with Crippen LogP contribution in [-0.4, -0.2) is 17.6 Å². The number of aromatic nitrogens is 1. The summed E-state index contributed by atoms with van der Waals surface area (Å²) in [5, 5.41) is 4.89. The highest BCUT2D eigenvalue weighted by molar-refractivity contribution is 5.78. The second-order valence-electron chi connectivity index (χ2n) is 6.34. The second-order valence-corrected chi connectivity index (χ2v) is 6.34. The zero-order valence-electron chi connectivity index (χ0n) is 13.0. The van der Waals surface area contributed by atoms with Gasteiger partial charge in [-0.1, -0.05) is 50.5 Å². The minimum atomic E-state index is 0.711. The van der Waals surface area contributed by atoms with Gasteiger partial charge in [0.1, 0.15) is 0 Å². The Kier molecular flexibility index (Phi) is 4.87. The Bertz CT molecular complexity index is 579. The van der Waals surface area contributed by atoms with Crippen LogP contribution < -0.4 is 5.32 Å². The lowest BCUT2D eigenvalue weighted by Gasteiger charge is -2.20. The van der Waals surface area contributed by atoms with Gasteiger partial charge in [0, 0.05) is 17.1 Å². The summed E-state index contributed by atoms with van der Waals surface area (Å²) in [5.41, 5.74) is 2.39. The maximum absolute atomic E-state index is 4.85. The molecule has 112 valence electrons. The van der Waals surface area contributed by atoms with Crippen molar-refractivity contribution in [2.45, 2.75) is 51.5 Å². The van der Waals surface area contributed by atoms with Crippen molar-refractivity contribution in [3.8, 4) is 0 Å². The van der Waals surface area contributed by atoms with E-state index in [9.17, 15) is 0 Å². The van der Waals surface area contributed by atoms with Crippen LogP contribution in [0.25, 0.3) is 10.9 Å². The van der Waals surface area contributed by atoms with E-state index in [1.807, 2.05) is 0 Å². The van der Waals surface area contributed by atoms with Gasteiger partial charge in [0.15, 0.2) is 0 Å². The van der Waals surface area contributed by atoms with Crippen molar-refractivity contribution >= 4 is 10.9 Å². The molecular formula is C19H26N2. The average molecular weight is 282 g/mol. The Morgan fingerprint density at radius 2 is 1.95 bits per heavy atom. The highest BCUT2D eigenvalue weighted by Crippen LogP contribution is 2.26. The molecular weight excluding hydrogens is 256 g/mol. The highest BCUT2D eigenvalue weighted by Gasteiger charge is 2.20. The van der Waals surface area contributed by atoms with Crippen molar-refractivity contribution in [1.82, 2.24) is 10.3 Å². The predicted molar refractivity (Wildman–Crippen MR) is 89.5 cm³/mol. The van der Waals surface area contributed by atoms with E-state index < -0.39 is 0 Å². The Morgan fingerprint density at radius 3 is 2.86 bits per heavy atom. The molecule has 0 bridgehead atoms. The molecule has 3 rings (SSSR count). The van der Waals surface area contributed by atoms with Crippen molar-refractivity contribution in [2.75, 3.05) is 6.54 Å². The van der Waals surface area contributed by atoms with Crippen molar-refractivity contribution in [3.63, 3.8) is 0 Å². The molecule has 21 heavy (non-hydrogen) atoms. The van der Waals surface area contributed by atoms with Gasteiger partial charge >= 0.3 is 0 Å². The summed E-state index contributed by atoms with van der Waals surface area (Å²) in [6, 6.07) is 13.6. The van der Waals surface area contributed by atoms with Crippen LogP contribution in [0.4, 0.5) is 0 Å². The molecule has 0 radical (unpaired) electrons. The molecule has 2 atom stereocenters. The lowest BCUT2D eigenvalue weighted by atomic mass is 9.92. The number of hydrogen-bond acceptors (Lipinski definition) is 2. The molecule has 2 nitrogen and oxygen atoms in total. The number of hydrogen-bond donors (Lipinski definition) is 1. The van der Waals surface area contributed by atoms with Crippen LogP contribution in [0.2, 0.25) is 0 Å². The number of nitrogens with zero attached hydrogens (tertiary/aromatic N) is 1. The molecule has 1 saturated carbocycles. The molecule has 1 heterocycles. The van der Waals surface area contributed by atoms with E-state index in [2.05, 4.69) is 48.6 Å². The van der Waals surface area contributed by atoms with E-state index in [-0.39, 0.29) is 0 Å². The summed E-state index contributed by atoms with van der Waals surface area (Å²) in [5.74, 6) is 0.783. The summed E-state index contributed by atoms with van der Waals surface area (Å²) >= 11 is 0. The van der Waals surface area contributed by atoms with Crippen LogP contribution in [0, 0.1) is 5.92 Å². The van der Waals surface area contributed by atoms with Crippen molar-refractivity contribution in [3.05, 3.63) is 42.1 Å². The number of para-hydroxylation sites is 1. The summed E-state index contributed by atoms with van der Waals surface area (Å²) in [6.45, 7) is 3.30. The molecule has 1 N–H and O–H groups in total. The van der Waals surface area contributed by atoms with Gasteiger partial charge in [-0.2, -0.15) is 0 Å². The van der Waals surface area contributed by atoms with Gasteiger partial charge in [-0.05, 0) is 43.9 Å². The summed E-state index contributed by atoms with van der Waals surface area (Å²) in [4.78, 5) is 4.85. The van der Waals surface area contributed by atoms with E-state index in [0.29, 0.717) is 6.04 Å². The highest BCUT2D eigenvalue weighted by atomic mass is 14.9. The van der Waals surface area contributed by atoms with E-state index in [1.54, 1.807) is 0 Å². The third-order valence-electron chi connectivity index (χ3n) is 4.68. The molecule has 2 aromatic rings. The SMILES string of the molecule is CCNC1CCCCC(Cc2ccc3ccccc3n2)C1. The van der Waals surface area contributed by atoms with E-state index >= 15 is 0 Å². The van der Waals surface area contributed by atoms with Crippen LogP contribution in [0.3, 0.4) is 0 Å². The standard InChI is InChI=1S/C19H26N2/c1-2-20-17-9-5-3-7-15(13-17)14-18-12-11-16-8-4-6-10-19(16)21-18/h4,6,8,10-12,15,17,20H,2-3,5,7,9,13-14H2,1H3. The van der Waals surface area contributed by atoms with Crippen LogP contribution in [0.1, 0.15) is 44.7 Å². The first kappa shape index (κ1) is 14.5. The van der Waals surface area contributed by atoms with E-state index in [4.69, 9.17) is 4.98 Å². The first-order chi connectivity index (χ1) is 10.3. The lowest BCUT2D eigenvalue weighted by molar-refractivity contribution is 0.387. The minimum absolute atomic E-state index is 0.711. The number of fused-ring (bicyclic) bond motifs is 1. The molecule has 1 fully saturated rings. The van der Waals surface area contributed by atoms with Gasteiger partial charge in [0.25, 0.3) is 0 Å². The maximum Gasteiger partial charge on any atom is 0.0705 e.